The van der Waals surface area contributed by atoms with Crippen LogP contribution < -0.4 is 14.8 Å². The number of nitrogens with zero attached hydrogens (tertiary/aromatic N) is 1. The van der Waals surface area contributed by atoms with E-state index in [1.54, 1.807) is 44.6 Å². The normalized spacial score (nSPS) is 13.7. The largest absolute Gasteiger partial charge is 0.493 e. The highest BCUT2D eigenvalue weighted by atomic mass is 16.5. The number of carbonyl (C=O) groups is 3. The number of rotatable bonds is 10. The summed E-state index contributed by atoms with van der Waals surface area (Å²) in [5.41, 5.74) is 2.52. The lowest BCUT2D eigenvalue weighted by molar-refractivity contribution is -0.121. The number of ether oxygens (including phenoxy) is 3. The molecule has 1 heterocycles. The fourth-order valence-electron chi connectivity index (χ4n) is 3.53. The average molecular weight is 440 g/mol. The van der Waals surface area contributed by atoms with Gasteiger partial charge in [0.15, 0.2) is 11.5 Å². The van der Waals surface area contributed by atoms with Crippen molar-refractivity contribution in [3.63, 3.8) is 0 Å². The summed E-state index contributed by atoms with van der Waals surface area (Å²) in [5.74, 6) is 0.168. The second-order valence-electron chi connectivity index (χ2n) is 7.60. The number of carbonyl (C=O) groups excluding carboxylic acids is 3. The maximum absolute atomic E-state index is 12.6. The van der Waals surface area contributed by atoms with Crippen LogP contribution in [0, 0.1) is 6.92 Å². The van der Waals surface area contributed by atoms with E-state index in [9.17, 15) is 14.4 Å². The van der Waals surface area contributed by atoms with Crippen LogP contribution in [0.25, 0.3) is 0 Å². The summed E-state index contributed by atoms with van der Waals surface area (Å²) < 4.78 is 16.0. The number of benzene rings is 2. The van der Waals surface area contributed by atoms with Gasteiger partial charge in [0.25, 0.3) is 11.8 Å². The Labute approximate surface area is 187 Å². The lowest BCUT2D eigenvalue weighted by Crippen LogP contribution is -2.35. The monoisotopic (exact) mass is 440 g/mol. The zero-order valence-corrected chi connectivity index (χ0v) is 18.8. The van der Waals surface area contributed by atoms with Gasteiger partial charge in [0.05, 0.1) is 30.9 Å². The molecule has 1 aliphatic heterocycles. The van der Waals surface area contributed by atoms with Gasteiger partial charge >= 0.3 is 0 Å². The number of methoxy groups -OCH3 is 2. The molecule has 0 aliphatic carbocycles. The van der Waals surface area contributed by atoms with Gasteiger partial charge in [-0.2, -0.15) is 0 Å². The Balaban J connectivity index is 1.57. The van der Waals surface area contributed by atoms with Gasteiger partial charge in [0, 0.05) is 20.1 Å². The van der Waals surface area contributed by atoms with Crippen molar-refractivity contribution in [2.75, 3.05) is 34.0 Å². The van der Waals surface area contributed by atoms with Crippen molar-refractivity contribution in [3.8, 4) is 11.5 Å². The van der Waals surface area contributed by atoms with Gasteiger partial charge in [-0.25, -0.2) is 0 Å². The first-order valence-corrected chi connectivity index (χ1v) is 10.4. The maximum atomic E-state index is 12.6. The molecule has 1 atom stereocenters. The Morgan fingerprint density at radius 3 is 2.47 bits per heavy atom. The average Bonchev–Trinajstić information content (AvgIpc) is 3.01. The molecule has 8 heteroatoms. The van der Waals surface area contributed by atoms with Crippen molar-refractivity contribution in [2.24, 2.45) is 0 Å². The molecule has 1 unspecified atom stereocenters. The molecule has 3 rings (SSSR count). The third-order valence-corrected chi connectivity index (χ3v) is 5.30. The summed E-state index contributed by atoms with van der Waals surface area (Å²) in [4.78, 5) is 38.7. The number of hydrogen-bond donors (Lipinski definition) is 1. The van der Waals surface area contributed by atoms with Crippen LogP contribution in [-0.4, -0.2) is 56.6 Å². The summed E-state index contributed by atoms with van der Waals surface area (Å²) in [7, 11) is 3.15. The van der Waals surface area contributed by atoms with Crippen molar-refractivity contribution >= 4 is 17.7 Å². The highest BCUT2D eigenvalue weighted by Crippen LogP contribution is 2.30. The second kappa shape index (κ2) is 10.3. The Kier molecular flexibility index (Phi) is 7.48. The van der Waals surface area contributed by atoms with Crippen molar-refractivity contribution in [3.05, 3.63) is 58.7 Å². The molecule has 8 nitrogen and oxygen atoms in total. The van der Waals surface area contributed by atoms with E-state index in [1.807, 2.05) is 19.9 Å². The minimum atomic E-state index is -0.361. The zero-order valence-electron chi connectivity index (χ0n) is 18.8. The van der Waals surface area contributed by atoms with Gasteiger partial charge < -0.3 is 19.5 Å². The highest BCUT2D eigenvalue weighted by molar-refractivity contribution is 6.21. The molecular formula is C24H28N2O6. The molecule has 32 heavy (non-hydrogen) atoms. The molecule has 1 N–H and O–H groups in total. The van der Waals surface area contributed by atoms with Gasteiger partial charge in [-0.3, -0.25) is 19.3 Å². The fraction of sp³-hybridized carbons (Fsp3) is 0.375. The molecule has 0 radical (unpaired) electrons. The molecule has 3 amide bonds. The maximum Gasteiger partial charge on any atom is 0.261 e. The molecule has 0 saturated carbocycles. The van der Waals surface area contributed by atoms with Crippen molar-refractivity contribution in [1.29, 1.82) is 0 Å². The third kappa shape index (κ3) is 5.08. The molecule has 170 valence electrons. The van der Waals surface area contributed by atoms with Gasteiger partial charge in [-0.05, 0) is 43.7 Å². The molecule has 0 bridgehead atoms. The fourth-order valence-corrected chi connectivity index (χ4v) is 3.53. The Bertz CT molecular complexity index is 1020. The quantitative estimate of drug-likeness (QED) is 0.451. The third-order valence-electron chi connectivity index (χ3n) is 5.30. The van der Waals surface area contributed by atoms with Crippen molar-refractivity contribution < 1.29 is 28.6 Å². The van der Waals surface area contributed by atoms with Gasteiger partial charge in [0.1, 0.15) is 6.61 Å². The number of fused-ring (bicyclic) bond motifs is 1. The topological polar surface area (TPSA) is 94.2 Å². The number of aryl methyl sites for hydroxylation is 1. The van der Waals surface area contributed by atoms with Crippen LogP contribution in [-0.2, 0) is 9.53 Å². The van der Waals surface area contributed by atoms with E-state index in [-0.39, 0.29) is 36.7 Å². The van der Waals surface area contributed by atoms with Crippen LogP contribution in [0.3, 0.4) is 0 Å². The van der Waals surface area contributed by atoms with E-state index >= 15 is 0 Å². The number of imide groups is 1. The molecule has 1 aliphatic rings. The zero-order chi connectivity index (χ0) is 23.3. The van der Waals surface area contributed by atoms with E-state index in [0.29, 0.717) is 35.8 Å². The molecule has 0 aromatic heterocycles. The van der Waals surface area contributed by atoms with Gasteiger partial charge in [-0.1, -0.05) is 17.7 Å². The molecular weight excluding hydrogens is 412 g/mol. The summed E-state index contributed by atoms with van der Waals surface area (Å²) in [6.45, 7) is 4.60. The number of hydrogen-bond acceptors (Lipinski definition) is 6. The smallest absolute Gasteiger partial charge is 0.261 e. The van der Waals surface area contributed by atoms with E-state index < -0.39 is 0 Å². The first-order chi connectivity index (χ1) is 15.3. The van der Waals surface area contributed by atoms with Crippen LogP contribution in [0.15, 0.2) is 36.4 Å². The minimum absolute atomic E-state index is 0.0180. The SMILES string of the molecule is COCCOc1ccc(C(C)NC(=O)CCN2C(=O)c3ccc(C)cc3C2=O)cc1OC. The second-order valence-corrected chi connectivity index (χ2v) is 7.60. The molecule has 0 spiro atoms. The van der Waals surface area contributed by atoms with E-state index in [0.717, 1.165) is 16.0 Å². The van der Waals surface area contributed by atoms with Crippen LogP contribution in [0.2, 0.25) is 0 Å². The standard InChI is InChI=1S/C24H28N2O6/c1-15-5-7-18-19(13-15)24(29)26(23(18)28)10-9-22(27)25-16(2)17-6-8-20(21(14-17)31-4)32-12-11-30-3/h5-8,13-14,16H,9-12H2,1-4H3,(H,25,27). The summed E-state index contributed by atoms with van der Waals surface area (Å²) in [6.07, 6.45) is 0.0180. The van der Waals surface area contributed by atoms with Gasteiger partial charge in [-0.15, -0.1) is 0 Å². The Morgan fingerprint density at radius 2 is 1.75 bits per heavy atom. The van der Waals surface area contributed by atoms with Gasteiger partial charge in [0.2, 0.25) is 5.91 Å². The molecule has 0 saturated heterocycles. The van der Waals surface area contributed by atoms with Crippen LogP contribution in [0.5, 0.6) is 11.5 Å². The lowest BCUT2D eigenvalue weighted by atomic mass is 10.1. The van der Waals surface area contributed by atoms with Crippen LogP contribution in [0.4, 0.5) is 0 Å². The van der Waals surface area contributed by atoms with E-state index in [4.69, 9.17) is 14.2 Å². The first-order valence-electron chi connectivity index (χ1n) is 10.4. The minimum Gasteiger partial charge on any atom is -0.493 e. The van der Waals surface area contributed by atoms with Crippen LogP contribution >= 0.6 is 0 Å². The molecule has 2 aromatic rings. The van der Waals surface area contributed by atoms with Crippen LogP contribution in [0.1, 0.15) is 51.2 Å². The number of nitrogens with one attached hydrogen (secondary N) is 1. The first kappa shape index (κ1) is 23.3. The Morgan fingerprint density at radius 1 is 1.00 bits per heavy atom. The summed E-state index contributed by atoms with van der Waals surface area (Å²) in [5, 5.41) is 2.90. The van der Waals surface area contributed by atoms with E-state index in [2.05, 4.69) is 5.32 Å². The Hall–Kier alpha value is -3.39. The number of amides is 3. The molecule has 2 aromatic carbocycles. The predicted octanol–water partition coefficient (Wildman–Crippen LogP) is 2.89. The van der Waals surface area contributed by atoms with Crippen molar-refractivity contribution in [1.82, 2.24) is 10.2 Å². The molecule has 0 fully saturated rings. The van der Waals surface area contributed by atoms with E-state index in [1.165, 1.54) is 0 Å². The predicted molar refractivity (Wildman–Crippen MR) is 118 cm³/mol. The highest BCUT2D eigenvalue weighted by Gasteiger charge is 2.35. The summed E-state index contributed by atoms with van der Waals surface area (Å²) >= 11 is 0. The lowest BCUT2D eigenvalue weighted by Gasteiger charge is -2.18. The summed E-state index contributed by atoms with van der Waals surface area (Å²) in [6, 6.07) is 10.3. The van der Waals surface area contributed by atoms with Crippen molar-refractivity contribution in [2.45, 2.75) is 26.3 Å².